The van der Waals surface area contributed by atoms with Crippen molar-refractivity contribution in [1.82, 2.24) is 15.0 Å². The first-order valence-electron chi connectivity index (χ1n) is 4.59. The number of aromatic nitrogens is 2. The predicted molar refractivity (Wildman–Crippen MR) is 52.8 cm³/mol. The van der Waals surface area contributed by atoms with Gasteiger partial charge in [-0.2, -0.15) is 5.06 Å². The molecule has 76 valence electrons. The standard InChI is InChI=1S/C9H14N4O/c1-12(14-2)8-6-13(7-8)9-5-10-3-4-11-9/h3-5,8H,6-7H2,1-2H3. The van der Waals surface area contributed by atoms with Gasteiger partial charge in [0.25, 0.3) is 0 Å². The lowest BCUT2D eigenvalue weighted by Gasteiger charge is -2.43. The first-order valence-corrected chi connectivity index (χ1v) is 4.59. The summed E-state index contributed by atoms with van der Waals surface area (Å²) in [5, 5.41) is 1.87. The van der Waals surface area contributed by atoms with Crippen LogP contribution in [0.5, 0.6) is 0 Å². The van der Waals surface area contributed by atoms with Crippen LogP contribution in [0.4, 0.5) is 5.82 Å². The molecule has 5 heteroatoms. The second kappa shape index (κ2) is 3.89. The van der Waals surface area contributed by atoms with Crippen LogP contribution in [0.1, 0.15) is 0 Å². The van der Waals surface area contributed by atoms with E-state index in [-0.39, 0.29) is 0 Å². The first kappa shape index (κ1) is 9.36. The van der Waals surface area contributed by atoms with Gasteiger partial charge in [-0.1, -0.05) is 0 Å². The zero-order valence-electron chi connectivity index (χ0n) is 8.42. The van der Waals surface area contributed by atoms with E-state index in [4.69, 9.17) is 4.84 Å². The maximum atomic E-state index is 5.11. The Hall–Kier alpha value is -1.20. The lowest BCUT2D eigenvalue weighted by molar-refractivity contribution is -0.146. The summed E-state index contributed by atoms with van der Waals surface area (Å²) in [5.74, 6) is 0.938. The molecular formula is C9H14N4O. The van der Waals surface area contributed by atoms with Crippen LogP contribution in [0.25, 0.3) is 0 Å². The molecular weight excluding hydrogens is 180 g/mol. The molecule has 0 unspecified atom stereocenters. The van der Waals surface area contributed by atoms with Crippen LogP contribution in [0.15, 0.2) is 18.6 Å². The average Bonchev–Trinajstić information content (AvgIpc) is 2.17. The Morgan fingerprint density at radius 3 is 2.86 bits per heavy atom. The van der Waals surface area contributed by atoms with Crippen LogP contribution in [0.2, 0.25) is 0 Å². The van der Waals surface area contributed by atoms with Crippen LogP contribution < -0.4 is 4.90 Å². The van der Waals surface area contributed by atoms with E-state index in [0.29, 0.717) is 6.04 Å². The molecule has 1 fully saturated rings. The van der Waals surface area contributed by atoms with Crippen molar-refractivity contribution in [2.45, 2.75) is 6.04 Å². The Morgan fingerprint density at radius 1 is 1.50 bits per heavy atom. The van der Waals surface area contributed by atoms with Gasteiger partial charge in [0.05, 0.1) is 19.3 Å². The van der Waals surface area contributed by atoms with Gasteiger partial charge >= 0.3 is 0 Å². The van der Waals surface area contributed by atoms with E-state index in [1.807, 2.05) is 12.1 Å². The van der Waals surface area contributed by atoms with Gasteiger partial charge in [-0.15, -0.1) is 0 Å². The molecule has 0 aliphatic carbocycles. The second-order valence-electron chi connectivity index (χ2n) is 3.35. The van der Waals surface area contributed by atoms with Gasteiger partial charge in [0, 0.05) is 32.5 Å². The summed E-state index contributed by atoms with van der Waals surface area (Å²) in [7, 11) is 3.63. The van der Waals surface area contributed by atoms with Gasteiger partial charge in [0.1, 0.15) is 5.82 Å². The maximum Gasteiger partial charge on any atom is 0.147 e. The molecule has 0 aromatic carbocycles. The molecule has 14 heavy (non-hydrogen) atoms. The minimum Gasteiger partial charge on any atom is -0.352 e. The zero-order valence-corrected chi connectivity index (χ0v) is 8.42. The normalized spacial score (nSPS) is 17.2. The third-order valence-electron chi connectivity index (χ3n) is 2.54. The molecule has 1 aromatic rings. The molecule has 0 amide bonds. The van der Waals surface area contributed by atoms with E-state index >= 15 is 0 Å². The molecule has 1 aromatic heterocycles. The molecule has 0 N–H and O–H groups in total. The molecule has 1 saturated heterocycles. The van der Waals surface area contributed by atoms with Crippen molar-refractivity contribution in [3.63, 3.8) is 0 Å². The smallest absolute Gasteiger partial charge is 0.147 e. The average molecular weight is 194 g/mol. The number of hydrogen-bond acceptors (Lipinski definition) is 5. The third-order valence-corrected chi connectivity index (χ3v) is 2.54. The van der Waals surface area contributed by atoms with Crippen molar-refractivity contribution in [2.75, 3.05) is 32.1 Å². The lowest BCUT2D eigenvalue weighted by atomic mass is 10.1. The minimum atomic E-state index is 0.460. The third kappa shape index (κ3) is 1.69. The minimum absolute atomic E-state index is 0.460. The number of anilines is 1. The fraction of sp³-hybridized carbons (Fsp3) is 0.556. The number of rotatable bonds is 3. The van der Waals surface area contributed by atoms with E-state index in [1.54, 1.807) is 25.7 Å². The van der Waals surface area contributed by atoms with Crippen molar-refractivity contribution in [3.05, 3.63) is 18.6 Å². The maximum absolute atomic E-state index is 5.11. The highest BCUT2D eigenvalue weighted by atomic mass is 16.7. The molecule has 0 radical (unpaired) electrons. The van der Waals surface area contributed by atoms with Crippen LogP contribution in [0, 0.1) is 0 Å². The number of nitrogens with zero attached hydrogens (tertiary/aromatic N) is 4. The van der Waals surface area contributed by atoms with E-state index in [1.165, 1.54) is 0 Å². The molecule has 0 spiro atoms. The SMILES string of the molecule is CON(C)C1CN(c2cnccn2)C1. The largest absolute Gasteiger partial charge is 0.352 e. The Labute approximate surface area is 83.3 Å². The zero-order chi connectivity index (χ0) is 9.97. The van der Waals surface area contributed by atoms with Crippen LogP contribution in [-0.4, -0.2) is 48.3 Å². The quantitative estimate of drug-likeness (QED) is 0.641. The molecule has 2 rings (SSSR count). The molecule has 5 nitrogen and oxygen atoms in total. The molecule has 1 aliphatic rings. The van der Waals surface area contributed by atoms with Crippen molar-refractivity contribution in [2.24, 2.45) is 0 Å². The Balaban J connectivity index is 1.89. The van der Waals surface area contributed by atoms with E-state index in [9.17, 15) is 0 Å². The highest BCUT2D eigenvalue weighted by molar-refractivity contribution is 5.39. The van der Waals surface area contributed by atoms with Gasteiger partial charge in [0.15, 0.2) is 0 Å². The van der Waals surface area contributed by atoms with Gasteiger partial charge in [-0.3, -0.25) is 4.98 Å². The van der Waals surface area contributed by atoms with Crippen LogP contribution in [0.3, 0.4) is 0 Å². The summed E-state index contributed by atoms with van der Waals surface area (Å²) in [6.07, 6.45) is 5.17. The van der Waals surface area contributed by atoms with Gasteiger partial charge in [-0.05, 0) is 0 Å². The Bertz CT molecular complexity index is 286. The first-order chi connectivity index (χ1) is 6.81. The summed E-state index contributed by atoms with van der Waals surface area (Å²) < 4.78 is 0. The highest BCUT2D eigenvalue weighted by Crippen LogP contribution is 2.19. The van der Waals surface area contributed by atoms with Gasteiger partial charge < -0.3 is 9.74 Å². The van der Waals surface area contributed by atoms with E-state index in [0.717, 1.165) is 18.9 Å². The molecule has 0 saturated carbocycles. The van der Waals surface area contributed by atoms with Crippen molar-refractivity contribution in [3.8, 4) is 0 Å². The monoisotopic (exact) mass is 194 g/mol. The topological polar surface area (TPSA) is 41.5 Å². The summed E-state index contributed by atoms with van der Waals surface area (Å²) in [6.45, 7) is 1.89. The predicted octanol–water partition coefficient (Wildman–Crippen LogP) is 0.158. The fourth-order valence-electron chi connectivity index (χ4n) is 1.48. The lowest BCUT2D eigenvalue weighted by Crippen LogP contribution is -2.58. The van der Waals surface area contributed by atoms with Crippen LogP contribution in [-0.2, 0) is 4.84 Å². The fourth-order valence-corrected chi connectivity index (χ4v) is 1.48. The summed E-state index contributed by atoms with van der Waals surface area (Å²) in [6, 6.07) is 0.460. The van der Waals surface area contributed by atoms with Gasteiger partial charge in [0.2, 0.25) is 0 Å². The van der Waals surface area contributed by atoms with Crippen molar-refractivity contribution in [1.29, 1.82) is 0 Å². The molecule has 1 aliphatic heterocycles. The number of hydroxylamine groups is 2. The Morgan fingerprint density at radius 2 is 2.29 bits per heavy atom. The number of hydrogen-bond donors (Lipinski definition) is 0. The second-order valence-corrected chi connectivity index (χ2v) is 3.35. The van der Waals surface area contributed by atoms with E-state index in [2.05, 4.69) is 14.9 Å². The molecule has 2 heterocycles. The highest BCUT2D eigenvalue weighted by Gasteiger charge is 2.31. The van der Waals surface area contributed by atoms with Crippen molar-refractivity contribution < 1.29 is 4.84 Å². The summed E-state index contributed by atoms with van der Waals surface area (Å²) in [4.78, 5) is 15.5. The van der Waals surface area contributed by atoms with Gasteiger partial charge in [-0.25, -0.2) is 4.98 Å². The van der Waals surface area contributed by atoms with Crippen LogP contribution >= 0.6 is 0 Å². The summed E-state index contributed by atoms with van der Waals surface area (Å²) >= 11 is 0. The Kier molecular flexibility index (Phi) is 2.60. The molecule has 0 atom stereocenters. The number of likely N-dealkylation sites (N-methyl/N-ethyl adjacent to an activating group) is 1. The van der Waals surface area contributed by atoms with Crippen molar-refractivity contribution >= 4 is 5.82 Å². The molecule has 0 bridgehead atoms. The van der Waals surface area contributed by atoms with E-state index < -0.39 is 0 Å². The summed E-state index contributed by atoms with van der Waals surface area (Å²) in [5.41, 5.74) is 0.